The van der Waals surface area contributed by atoms with Crippen molar-refractivity contribution in [3.05, 3.63) is 47.2 Å². The van der Waals surface area contributed by atoms with E-state index in [2.05, 4.69) is 26.5 Å². The van der Waals surface area contributed by atoms with E-state index in [9.17, 15) is 13.7 Å². The monoisotopic (exact) mass is 425 g/mol. The van der Waals surface area contributed by atoms with Gasteiger partial charge >= 0.3 is 0 Å². The summed E-state index contributed by atoms with van der Waals surface area (Å²) >= 11 is 0. The molecule has 0 amide bonds. The molecule has 2 bridgehead atoms. The molecule has 2 aliphatic heterocycles. The van der Waals surface area contributed by atoms with Gasteiger partial charge in [0.15, 0.2) is 11.6 Å². The molecule has 0 radical (unpaired) electrons. The summed E-state index contributed by atoms with van der Waals surface area (Å²) in [6, 6.07) is 7.49. The molecule has 6 rings (SSSR count). The molecule has 0 spiro atoms. The molecule has 5 N–H and O–H groups in total. The lowest BCUT2D eigenvalue weighted by Crippen LogP contribution is -2.64. The standard InChI is InChI=1S/C20H23N7O2S/c1-13-3-4-14(7-15(13)16-8-23-18-17(22)24-12-25-27(16)18)30(28,29)26-20-6-2-5-19(9-20,10-20)11-21/h3-4,7-8,12,23,26H,2,5-6,9-10,22H2,1H3,(H,24,25). The molecule has 0 unspecified atom stereocenters. The Morgan fingerprint density at radius 3 is 2.90 bits per heavy atom. The van der Waals surface area contributed by atoms with Gasteiger partial charge in [-0.1, -0.05) is 6.07 Å². The van der Waals surface area contributed by atoms with Crippen LogP contribution in [0, 0.1) is 23.7 Å². The van der Waals surface area contributed by atoms with E-state index < -0.39 is 15.6 Å². The lowest BCUT2D eigenvalue weighted by Gasteiger charge is -2.57. The van der Waals surface area contributed by atoms with E-state index in [0.717, 1.165) is 36.1 Å². The lowest BCUT2D eigenvalue weighted by molar-refractivity contribution is 0.00643. The zero-order chi connectivity index (χ0) is 21.1. The summed E-state index contributed by atoms with van der Waals surface area (Å²) in [6.07, 6.45) is 6.93. The third kappa shape index (κ3) is 2.77. The molecule has 10 heteroatoms. The van der Waals surface area contributed by atoms with Crippen LogP contribution in [0.1, 0.15) is 43.2 Å². The minimum Gasteiger partial charge on any atom is -0.381 e. The molecular weight excluding hydrogens is 402 g/mol. The van der Waals surface area contributed by atoms with E-state index >= 15 is 0 Å². The van der Waals surface area contributed by atoms with Crippen molar-refractivity contribution in [2.24, 2.45) is 16.1 Å². The van der Waals surface area contributed by atoms with Crippen molar-refractivity contribution in [2.45, 2.75) is 49.5 Å². The summed E-state index contributed by atoms with van der Waals surface area (Å²) in [6.45, 7) is 1.93. The fourth-order valence-electron chi connectivity index (χ4n) is 5.13. The quantitative estimate of drug-likeness (QED) is 0.571. The number of benzene rings is 1. The van der Waals surface area contributed by atoms with Gasteiger partial charge in [-0.15, -0.1) is 0 Å². The average Bonchev–Trinajstić information content (AvgIpc) is 3.12. The molecule has 9 nitrogen and oxygen atoms in total. The van der Waals surface area contributed by atoms with Gasteiger partial charge < -0.3 is 11.1 Å². The molecule has 0 saturated heterocycles. The highest BCUT2D eigenvalue weighted by atomic mass is 32.2. The molecule has 5 aliphatic rings. The summed E-state index contributed by atoms with van der Waals surface area (Å²) in [5.41, 5.74) is 10.5. The van der Waals surface area contributed by atoms with Crippen LogP contribution < -0.4 is 21.2 Å². The van der Waals surface area contributed by atoms with Crippen molar-refractivity contribution >= 4 is 22.1 Å². The van der Waals surface area contributed by atoms with Gasteiger partial charge in [-0.25, -0.2) is 23.1 Å². The first-order valence-corrected chi connectivity index (χ1v) is 11.4. The number of aryl methyl sites for hydroxylation is 1. The second kappa shape index (κ2) is 6.23. The molecule has 2 heterocycles. The van der Waals surface area contributed by atoms with Gasteiger partial charge in [0.1, 0.15) is 6.34 Å². The first-order valence-electron chi connectivity index (χ1n) is 9.88. The Balaban J connectivity index is 1.44. The number of nitriles is 1. The van der Waals surface area contributed by atoms with Crippen LogP contribution in [0.5, 0.6) is 0 Å². The third-order valence-corrected chi connectivity index (χ3v) is 8.07. The normalized spacial score (nSPS) is 29.3. The van der Waals surface area contributed by atoms with Crippen LogP contribution in [-0.2, 0) is 10.0 Å². The van der Waals surface area contributed by atoms with Crippen LogP contribution in [0.15, 0.2) is 45.9 Å². The number of aliphatic imine (C=N–C) groups is 1. The Labute approximate surface area is 175 Å². The number of nitrogens with one attached hydrogen (secondary N) is 3. The Kier molecular flexibility index (Phi) is 3.94. The molecule has 0 atom stereocenters. The van der Waals surface area contributed by atoms with Crippen molar-refractivity contribution in [2.75, 3.05) is 0 Å². The van der Waals surface area contributed by atoms with Crippen molar-refractivity contribution in [3.63, 3.8) is 0 Å². The van der Waals surface area contributed by atoms with Gasteiger partial charge in [0.2, 0.25) is 10.0 Å². The van der Waals surface area contributed by atoms with Crippen molar-refractivity contribution in [3.8, 4) is 6.07 Å². The second-order valence-corrected chi connectivity index (χ2v) is 10.3. The summed E-state index contributed by atoms with van der Waals surface area (Å²) in [7, 11) is -3.73. The van der Waals surface area contributed by atoms with E-state index in [0.29, 0.717) is 24.5 Å². The molecule has 3 saturated carbocycles. The summed E-state index contributed by atoms with van der Waals surface area (Å²) in [4.78, 5) is 4.23. The molecule has 1 aromatic carbocycles. The average molecular weight is 426 g/mol. The topological polar surface area (TPSA) is 136 Å². The van der Waals surface area contributed by atoms with E-state index in [-0.39, 0.29) is 10.3 Å². The van der Waals surface area contributed by atoms with Crippen molar-refractivity contribution in [1.29, 1.82) is 5.26 Å². The Bertz CT molecular complexity index is 1170. The molecule has 3 fully saturated rings. The molecule has 3 aliphatic carbocycles. The van der Waals surface area contributed by atoms with Crippen LogP contribution in [0.25, 0.3) is 5.70 Å². The fourth-order valence-corrected chi connectivity index (χ4v) is 6.59. The maximum Gasteiger partial charge on any atom is 0.241 e. The van der Waals surface area contributed by atoms with Crippen LogP contribution in [-0.4, -0.2) is 25.3 Å². The first-order chi connectivity index (χ1) is 14.3. The smallest absolute Gasteiger partial charge is 0.241 e. The number of hydrogen-bond acceptors (Lipinski definition) is 8. The fraction of sp³-hybridized carbons (Fsp3) is 0.400. The predicted molar refractivity (Wildman–Crippen MR) is 111 cm³/mol. The van der Waals surface area contributed by atoms with Gasteiger partial charge in [-0.3, -0.25) is 5.43 Å². The number of hydrazine groups is 1. The largest absolute Gasteiger partial charge is 0.381 e. The SMILES string of the molecule is Cc1ccc(S(=O)(=O)NC23CCCC(C#N)(C2)C3)cc1C1=CNC2=C(N)N=CNN12. The highest BCUT2D eigenvalue weighted by molar-refractivity contribution is 7.89. The van der Waals surface area contributed by atoms with E-state index in [1.54, 1.807) is 29.4 Å². The van der Waals surface area contributed by atoms with E-state index in [4.69, 9.17) is 5.73 Å². The zero-order valence-corrected chi connectivity index (χ0v) is 17.4. The first kappa shape index (κ1) is 19.0. The van der Waals surface area contributed by atoms with E-state index in [1.165, 1.54) is 6.34 Å². The number of nitrogens with two attached hydrogens (primary N) is 1. The van der Waals surface area contributed by atoms with Crippen LogP contribution >= 0.6 is 0 Å². The van der Waals surface area contributed by atoms with Gasteiger partial charge in [-0.2, -0.15) is 5.26 Å². The van der Waals surface area contributed by atoms with Crippen LogP contribution in [0.4, 0.5) is 0 Å². The molecular formula is C20H23N7O2S. The number of rotatable bonds is 4. The highest BCUT2D eigenvalue weighted by Gasteiger charge is 2.59. The number of sulfonamides is 1. The third-order valence-electron chi connectivity index (χ3n) is 6.49. The van der Waals surface area contributed by atoms with Crippen molar-refractivity contribution < 1.29 is 8.42 Å². The summed E-state index contributed by atoms with van der Waals surface area (Å²) in [5.74, 6) is 0.937. The minimum absolute atomic E-state index is 0.203. The second-order valence-electron chi connectivity index (χ2n) is 8.59. The lowest BCUT2D eigenvalue weighted by atomic mass is 9.51. The minimum atomic E-state index is -3.73. The van der Waals surface area contributed by atoms with Gasteiger partial charge in [0.25, 0.3) is 0 Å². The van der Waals surface area contributed by atoms with Gasteiger partial charge in [-0.05, 0) is 56.7 Å². The highest BCUT2D eigenvalue weighted by Crippen LogP contribution is 2.58. The van der Waals surface area contributed by atoms with Crippen LogP contribution in [0.2, 0.25) is 0 Å². The Hall–Kier alpha value is -3.03. The molecule has 1 aromatic rings. The maximum atomic E-state index is 13.2. The molecule has 0 aromatic heterocycles. The van der Waals surface area contributed by atoms with E-state index in [1.807, 2.05) is 6.92 Å². The van der Waals surface area contributed by atoms with Crippen LogP contribution in [0.3, 0.4) is 0 Å². The summed E-state index contributed by atoms with van der Waals surface area (Å²) in [5, 5.41) is 14.3. The van der Waals surface area contributed by atoms with Crippen molar-refractivity contribution in [1.82, 2.24) is 20.5 Å². The number of hydrogen-bond donors (Lipinski definition) is 4. The number of nitrogens with zero attached hydrogens (tertiary/aromatic N) is 3. The van der Waals surface area contributed by atoms with Gasteiger partial charge in [0.05, 0.1) is 22.1 Å². The zero-order valence-electron chi connectivity index (χ0n) is 16.6. The maximum absolute atomic E-state index is 13.2. The summed E-state index contributed by atoms with van der Waals surface area (Å²) < 4.78 is 29.4. The Morgan fingerprint density at radius 2 is 2.13 bits per heavy atom. The number of fused-ring (bicyclic) bond motifs is 3. The van der Waals surface area contributed by atoms with Gasteiger partial charge in [0, 0.05) is 17.3 Å². The molecule has 156 valence electrons. The molecule has 30 heavy (non-hydrogen) atoms. The predicted octanol–water partition coefficient (Wildman–Crippen LogP) is 1.34. The Morgan fingerprint density at radius 1 is 1.33 bits per heavy atom.